The first kappa shape index (κ1) is 22.1. The maximum Gasteiger partial charge on any atom is 0.163 e. The van der Waals surface area contributed by atoms with Crippen molar-refractivity contribution in [2.45, 2.75) is 83.1 Å². The molecule has 0 amide bonds. The summed E-state index contributed by atoms with van der Waals surface area (Å²) in [5.41, 5.74) is 1.96. The summed E-state index contributed by atoms with van der Waals surface area (Å²) >= 11 is 0. The number of carbonyl (C=O) groups excluding carboxylic acids is 1. The molecule has 2 aromatic heterocycles. The molecular formula is C25H37N3O3Si. The third kappa shape index (κ3) is 4.15. The third-order valence-corrected chi connectivity index (χ3v) is 9.65. The topological polar surface area (TPSA) is 76.4 Å². The fourth-order valence-corrected chi connectivity index (χ4v) is 7.35. The molecule has 32 heavy (non-hydrogen) atoms. The second kappa shape index (κ2) is 7.96. The number of hydrogen-bond donors (Lipinski definition) is 2. The van der Waals surface area contributed by atoms with Crippen LogP contribution < -0.4 is 5.32 Å². The smallest absolute Gasteiger partial charge is 0.163 e. The number of rotatable bonds is 8. The summed E-state index contributed by atoms with van der Waals surface area (Å²) in [5, 5.41) is 15.7. The molecule has 0 aromatic carbocycles. The lowest BCUT2D eigenvalue weighted by Crippen LogP contribution is -2.59. The third-order valence-electron chi connectivity index (χ3n) is 7.95. The standard InChI is InChI=1S/C25H37N3O3Si/c1-16(29)21-14-26-24-20(5-6-28(24)15-31-7-8-32(2,3)4)23(21)27-22-18-9-17-10-19(22)13-25(30,11-17)12-18/h5-6,14,17-19,22,30H,7-13,15H2,1-4H3,(H,26,27). The number of nitrogens with one attached hydrogen (secondary N) is 1. The number of ether oxygens (including phenoxy) is 1. The molecule has 6 rings (SSSR count). The summed E-state index contributed by atoms with van der Waals surface area (Å²) in [7, 11) is -1.12. The summed E-state index contributed by atoms with van der Waals surface area (Å²) in [6.07, 6.45) is 8.85. The first-order chi connectivity index (χ1) is 15.1. The summed E-state index contributed by atoms with van der Waals surface area (Å²) < 4.78 is 8.00. The second-order valence-corrected chi connectivity index (χ2v) is 17.5. The van der Waals surface area contributed by atoms with Gasteiger partial charge in [0.25, 0.3) is 0 Å². The molecule has 2 atom stereocenters. The van der Waals surface area contributed by atoms with Gasteiger partial charge in [-0.05, 0) is 68.9 Å². The Morgan fingerprint density at radius 1 is 1.28 bits per heavy atom. The molecule has 4 saturated carbocycles. The molecule has 2 aromatic rings. The van der Waals surface area contributed by atoms with Crippen LogP contribution in [0.2, 0.25) is 25.7 Å². The van der Waals surface area contributed by atoms with Gasteiger partial charge in [-0.15, -0.1) is 0 Å². The molecule has 0 saturated heterocycles. The van der Waals surface area contributed by atoms with Crippen molar-refractivity contribution in [2.24, 2.45) is 17.8 Å². The van der Waals surface area contributed by atoms with Crippen molar-refractivity contribution in [1.82, 2.24) is 9.55 Å². The molecule has 2 heterocycles. The maximum absolute atomic E-state index is 12.5. The predicted molar refractivity (Wildman–Crippen MR) is 130 cm³/mol. The number of anilines is 1. The lowest BCUT2D eigenvalue weighted by atomic mass is 9.52. The molecule has 4 bridgehead atoms. The van der Waals surface area contributed by atoms with Gasteiger partial charge < -0.3 is 19.7 Å². The summed E-state index contributed by atoms with van der Waals surface area (Å²) in [6, 6.07) is 3.51. The average Bonchev–Trinajstić information content (AvgIpc) is 3.09. The molecule has 4 fully saturated rings. The van der Waals surface area contributed by atoms with Gasteiger partial charge in [0.15, 0.2) is 5.78 Å². The van der Waals surface area contributed by atoms with E-state index in [1.807, 2.05) is 10.8 Å². The van der Waals surface area contributed by atoms with Crippen LogP contribution in [-0.4, -0.2) is 46.8 Å². The van der Waals surface area contributed by atoms with Crippen molar-refractivity contribution in [1.29, 1.82) is 0 Å². The molecule has 174 valence electrons. The quantitative estimate of drug-likeness (QED) is 0.336. The van der Waals surface area contributed by atoms with E-state index in [9.17, 15) is 9.90 Å². The number of aliphatic hydroxyl groups is 1. The Morgan fingerprint density at radius 3 is 2.62 bits per heavy atom. The molecule has 7 heteroatoms. The van der Waals surface area contributed by atoms with Crippen LogP contribution in [0.15, 0.2) is 18.5 Å². The van der Waals surface area contributed by atoms with Crippen LogP contribution in [0.1, 0.15) is 49.4 Å². The molecule has 2 N–H and O–H groups in total. The van der Waals surface area contributed by atoms with Crippen LogP contribution in [0, 0.1) is 17.8 Å². The van der Waals surface area contributed by atoms with Gasteiger partial charge in [-0.2, -0.15) is 0 Å². The Kier molecular flexibility index (Phi) is 5.50. The monoisotopic (exact) mass is 455 g/mol. The Bertz CT molecular complexity index is 1010. The molecule has 0 aliphatic heterocycles. The number of hydrogen-bond acceptors (Lipinski definition) is 5. The Balaban J connectivity index is 1.40. The SMILES string of the molecule is CC(=O)c1cnc2c(ccn2COCC[Si](C)(C)C)c1NC1C2CC3CC1CC(O)(C3)C2. The van der Waals surface area contributed by atoms with Gasteiger partial charge in [0.05, 0.1) is 16.9 Å². The molecule has 6 nitrogen and oxygen atoms in total. The van der Waals surface area contributed by atoms with Gasteiger partial charge in [0.1, 0.15) is 12.4 Å². The number of carbonyl (C=O) groups is 1. The molecule has 0 spiro atoms. The Morgan fingerprint density at radius 2 is 2.00 bits per heavy atom. The zero-order valence-electron chi connectivity index (χ0n) is 19.9. The minimum Gasteiger partial charge on any atom is -0.390 e. The van der Waals surface area contributed by atoms with Gasteiger partial charge in [-0.3, -0.25) is 4.79 Å². The summed E-state index contributed by atoms with van der Waals surface area (Å²) in [5.74, 6) is 1.64. The van der Waals surface area contributed by atoms with Gasteiger partial charge in [-0.1, -0.05) is 19.6 Å². The highest BCUT2D eigenvalue weighted by Gasteiger charge is 2.54. The van der Waals surface area contributed by atoms with E-state index < -0.39 is 13.7 Å². The first-order valence-corrected chi connectivity index (χ1v) is 15.9. The van der Waals surface area contributed by atoms with E-state index in [2.05, 4.69) is 36.0 Å². The lowest BCUT2D eigenvalue weighted by molar-refractivity contribution is -0.129. The highest BCUT2D eigenvalue weighted by atomic mass is 28.3. The number of pyridine rings is 1. The van der Waals surface area contributed by atoms with Crippen molar-refractivity contribution in [3.8, 4) is 0 Å². The van der Waals surface area contributed by atoms with Gasteiger partial charge >= 0.3 is 0 Å². The number of nitrogens with zero attached hydrogens (tertiary/aromatic N) is 2. The van der Waals surface area contributed by atoms with Crippen molar-refractivity contribution in [3.05, 3.63) is 24.0 Å². The molecule has 2 unspecified atom stereocenters. The number of ketones is 1. The van der Waals surface area contributed by atoms with Gasteiger partial charge in [0, 0.05) is 38.5 Å². The zero-order chi connectivity index (χ0) is 22.7. The van der Waals surface area contributed by atoms with E-state index in [1.54, 1.807) is 13.1 Å². The van der Waals surface area contributed by atoms with Crippen LogP contribution in [-0.2, 0) is 11.5 Å². The predicted octanol–water partition coefficient (Wildman–Crippen LogP) is 4.90. The van der Waals surface area contributed by atoms with E-state index in [1.165, 1.54) is 12.8 Å². The van der Waals surface area contributed by atoms with E-state index in [0.29, 0.717) is 36.1 Å². The number of aromatic nitrogens is 2. The highest BCUT2D eigenvalue weighted by molar-refractivity contribution is 6.76. The van der Waals surface area contributed by atoms with Crippen LogP contribution in [0.5, 0.6) is 0 Å². The molecule has 4 aliphatic rings. The van der Waals surface area contributed by atoms with Crippen LogP contribution in [0.3, 0.4) is 0 Å². The second-order valence-electron chi connectivity index (χ2n) is 11.8. The molecule has 0 radical (unpaired) electrons. The molecular weight excluding hydrogens is 418 g/mol. The van der Waals surface area contributed by atoms with E-state index >= 15 is 0 Å². The summed E-state index contributed by atoms with van der Waals surface area (Å²) in [6.45, 7) is 9.92. The van der Waals surface area contributed by atoms with Crippen LogP contribution >= 0.6 is 0 Å². The van der Waals surface area contributed by atoms with E-state index in [0.717, 1.165) is 48.6 Å². The van der Waals surface area contributed by atoms with E-state index in [4.69, 9.17) is 4.74 Å². The molecule has 4 aliphatic carbocycles. The highest BCUT2D eigenvalue weighted by Crippen LogP contribution is 2.56. The van der Waals surface area contributed by atoms with Crippen molar-refractivity contribution in [2.75, 3.05) is 11.9 Å². The number of Topliss-reactive ketones (excluding diaryl/α,β-unsaturated/α-hetero) is 1. The van der Waals surface area contributed by atoms with Gasteiger partial charge in [-0.25, -0.2) is 4.98 Å². The zero-order valence-corrected chi connectivity index (χ0v) is 20.9. The van der Waals surface area contributed by atoms with Crippen molar-refractivity contribution >= 4 is 30.6 Å². The lowest BCUT2D eigenvalue weighted by Gasteiger charge is -2.58. The minimum atomic E-state index is -1.12. The van der Waals surface area contributed by atoms with Crippen molar-refractivity contribution in [3.63, 3.8) is 0 Å². The normalized spacial score (nSPS) is 31.4. The van der Waals surface area contributed by atoms with E-state index in [-0.39, 0.29) is 5.78 Å². The average molecular weight is 456 g/mol. The largest absolute Gasteiger partial charge is 0.390 e. The first-order valence-electron chi connectivity index (χ1n) is 12.2. The maximum atomic E-state index is 12.5. The Hall–Kier alpha value is -1.70. The van der Waals surface area contributed by atoms with Crippen LogP contribution in [0.4, 0.5) is 5.69 Å². The Labute approximate surface area is 191 Å². The fraction of sp³-hybridized carbons (Fsp3) is 0.680. The fourth-order valence-electron chi connectivity index (χ4n) is 6.59. The van der Waals surface area contributed by atoms with Gasteiger partial charge in [0.2, 0.25) is 0 Å². The van der Waals surface area contributed by atoms with Crippen LogP contribution in [0.25, 0.3) is 11.0 Å². The van der Waals surface area contributed by atoms with Crippen molar-refractivity contribution < 1.29 is 14.6 Å². The summed E-state index contributed by atoms with van der Waals surface area (Å²) in [4.78, 5) is 17.1. The minimum absolute atomic E-state index is 0.0310. The number of fused-ring (bicyclic) bond motifs is 1.